The Balaban J connectivity index is 1.84. The SMILES string of the molecule is CCc1c(-c2cc3cc[nH]c3cc2C)ccnc1N1CCC(F)(F)C1. The van der Waals surface area contributed by atoms with Gasteiger partial charge in [0, 0.05) is 36.4 Å². The topological polar surface area (TPSA) is 31.9 Å². The van der Waals surface area contributed by atoms with Crippen LogP contribution in [0.2, 0.25) is 0 Å². The Morgan fingerprint density at radius 3 is 2.80 bits per heavy atom. The van der Waals surface area contributed by atoms with Crippen molar-refractivity contribution in [2.75, 3.05) is 18.0 Å². The van der Waals surface area contributed by atoms with Gasteiger partial charge in [0.25, 0.3) is 5.92 Å². The number of alkyl halides is 2. The van der Waals surface area contributed by atoms with Crippen molar-refractivity contribution in [3.8, 4) is 11.1 Å². The lowest BCUT2D eigenvalue weighted by molar-refractivity contribution is 0.0256. The van der Waals surface area contributed by atoms with Gasteiger partial charge in [0.15, 0.2) is 0 Å². The van der Waals surface area contributed by atoms with Crippen molar-refractivity contribution < 1.29 is 8.78 Å². The minimum absolute atomic E-state index is 0.101. The maximum atomic E-state index is 13.7. The number of pyridine rings is 1. The fourth-order valence-electron chi connectivity index (χ4n) is 3.77. The molecule has 1 saturated heterocycles. The summed E-state index contributed by atoms with van der Waals surface area (Å²) in [4.78, 5) is 9.41. The number of aromatic amines is 1. The first-order valence-corrected chi connectivity index (χ1v) is 8.67. The van der Waals surface area contributed by atoms with Gasteiger partial charge in [-0.2, -0.15) is 0 Å². The van der Waals surface area contributed by atoms with Crippen LogP contribution >= 0.6 is 0 Å². The summed E-state index contributed by atoms with van der Waals surface area (Å²) in [6.45, 7) is 4.25. The fourth-order valence-corrected chi connectivity index (χ4v) is 3.77. The van der Waals surface area contributed by atoms with Crippen LogP contribution in [0.15, 0.2) is 36.7 Å². The second kappa shape index (κ2) is 5.83. The molecule has 0 amide bonds. The number of fused-ring (bicyclic) bond motifs is 1. The van der Waals surface area contributed by atoms with E-state index in [0.29, 0.717) is 12.4 Å². The molecule has 4 rings (SSSR count). The molecule has 0 spiro atoms. The summed E-state index contributed by atoms with van der Waals surface area (Å²) < 4.78 is 27.3. The van der Waals surface area contributed by atoms with Crippen LogP contribution in [-0.2, 0) is 6.42 Å². The normalized spacial score (nSPS) is 16.7. The van der Waals surface area contributed by atoms with Gasteiger partial charge in [-0.3, -0.25) is 0 Å². The number of nitrogens with zero attached hydrogens (tertiary/aromatic N) is 2. The minimum Gasteiger partial charge on any atom is -0.361 e. The highest BCUT2D eigenvalue weighted by molar-refractivity contribution is 5.88. The molecule has 1 aliphatic rings. The molecule has 1 aliphatic heterocycles. The Bertz CT molecular complexity index is 930. The van der Waals surface area contributed by atoms with Gasteiger partial charge >= 0.3 is 0 Å². The lowest BCUT2D eigenvalue weighted by Gasteiger charge is -2.22. The highest BCUT2D eigenvalue weighted by Crippen LogP contribution is 2.37. The van der Waals surface area contributed by atoms with Crippen molar-refractivity contribution in [3.63, 3.8) is 0 Å². The molecule has 0 unspecified atom stereocenters. The van der Waals surface area contributed by atoms with Crippen molar-refractivity contribution in [2.45, 2.75) is 32.6 Å². The largest absolute Gasteiger partial charge is 0.361 e. The number of rotatable bonds is 3. The Morgan fingerprint density at radius 1 is 1.24 bits per heavy atom. The van der Waals surface area contributed by atoms with Gasteiger partial charge in [-0.25, -0.2) is 13.8 Å². The van der Waals surface area contributed by atoms with E-state index < -0.39 is 5.92 Å². The van der Waals surface area contributed by atoms with E-state index in [9.17, 15) is 8.78 Å². The highest BCUT2D eigenvalue weighted by Gasteiger charge is 2.39. The standard InChI is InChI=1S/C20H21F2N3/c1-3-15-16(17-11-14-4-7-23-18(14)10-13(17)2)5-8-24-19(15)25-9-6-20(21,22)12-25/h4-5,7-8,10-11,23H,3,6,9,12H2,1-2H3. The predicted molar refractivity (Wildman–Crippen MR) is 97.4 cm³/mol. The van der Waals surface area contributed by atoms with Crippen LogP contribution in [0.1, 0.15) is 24.5 Å². The smallest absolute Gasteiger partial charge is 0.266 e. The highest BCUT2D eigenvalue weighted by atomic mass is 19.3. The average molecular weight is 341 g/mol. The van der Waals surface area contributed by atoms with Crippen molar-refractivity contribution in [1.29, 1.82) is 0 Å². The molecular weight excluding hydrogens is 320 g/mol. The first-order chi connectivity index (χ1) is 12.0. The van der Waals surface area contributed by atoms with Crippen molar-refractivity contribution >= 4 is 16.7 Å². The van der Waals surface area contributed by atoms with Crippen LogP contribution in [0.3, 0.4) is 0 Å². The third-order valence-corrected chi connectivity index (χ3v) is 5.04. The number of benzene rings is 1. The number of halogens is 2. The number of H-pyrrole nitrogens is 1. The van der Waals surface area contributed by atoms with Gasteiger partial charge < -0.3 is 9.88 Å². The van der Waals surface area contributed by atoms with Gasteiger partial charge in [-0.15, -0.1) is 0 Å². The monoisotopic (exact) mass is 341 g/mol. The molecule has 1 aromatic carbocycles. The van der Waals surface area contributed by atoms with Crippen LogP contribution < -0.4 is 4.90 Å². The quantitative estimate of drug-likeness (QED) is 0.731. The van der Waals surface area contributed by atoms with E-state index in [2.05, 4.69) is 35.9 Å². The molecule has 1 fully saturated rings. The first kappa shape index (κ1) is 16.1. The lowest BCUT2D eigenvalue weighted by Crippen LogP contribution is -2.26. The number of hydrogen-bond donors (Lipinski definition) is 1. The fraction of sp³-hybridized carbons (Fsp3) is 0.350. The van der Waals surface area contributed by atoms with E-state index in [1.165, 1.54) is 0 Å². The van der Waals surface area contributed by atoms with Gasteiger partial charge in [0.2, 0.25) is 0 Å². The van der Waals surface area contributed by atoms with E-state index in [0.717, 1.165) is 39.6 Å². The van der Waals surface area contributed by atoms with E-state index in [1.54, 1.807) is 11.1 Å². The van der Waals surface area contributed by atoms with Crippen LogP contribution in [0.4, 0.5) is 14.6 Å². The molecule has 0 saturated carbocycles. The zero-order valence-corrected chi connectivity index (χ0v) is 14.4. The predicted octanol–water partition coefficient (Wildman–Crippen LogP) is 4.95. The molecule has 3 aromatic rings. The summed E-state index contributed by atoms with van der Waals surface area (Å²) in [5.74, 6) is -1.92. The summed E-state index contributed by atoms with van der Waals surface area (Å²) in [6, 6.07) is 8.34. The molecule has 0 atom stereocenters. The van der Waals surface area contributed by atoms with Crippen molar-refractivity contribution in [2.24, 2.45) is 0 Å². The molecule has 3 nitrogen and oxygen atoms in total. The molecule has 5 heteroatoms. The first-order valence-electron chi connectivity index (χ1n) is 8.67. The average Bonchev–Trinajstić information content (AvgIpc) is 3.18. The Kier molecular flexibility index (Phi) is 3.74. The maximum absolute atomic E-state index is 13.7. The number of aromatic nitrogens is 2. The van der Waals surface area contributed by atoms with Crippen LogP contribution in [0.25, 0.3) is 22.0 Å². The summed E-state index contributed by atoms with van der Waals surface area (Å²) >= 11 is 0. The van der Waals surface area contributed by atoms with Crippen LogP contribution in [-0.4, -0.2) is 29.0 Å². The Morgan fingerprint density at radius 2 is 2.08 bits per heavy atom. The van der Waals surface area contributed by atoms with Gasteiger partial charge in [0.05, 0.1) is 6.54 Å². The Labute approximate surface area is 145 Å². The van der Waals surface area contributed by atoms with E-state index in [4.69, 9.17) is 0 Å². The summed E-state index contributed by atoms with van der Waals surface area (Å²) in [7, 11) is 0. The number of hydrogen-bond acceptors (Lipinski definition) is 2. The molecule has 3 heterocycles. The second-order valence-electron chi connectivity index (χ2n) is 6.77. The number of aryl methyl sites for hydroxylation is 1. The zero-order chi connectivity index (χ0) is 17.6. The number of nitrogens with one attached hydrogen (secondary N) is 1. The van der Waals surface area contributed by atoms with E-state index in [-0.39, 0.29) is 13.0 Å². The second-order valence-corrected chi connectivity index (χ2v) is 6.77. The molecule has 25 heavy (non-hydrogen) atoms. The zero-order valence-electron chi connectivity index (χ0n) is 14.4. The van der Waals surface area contributed by atoms with Gasteiger partial charge in [-0.1, -0.05) is 6.92 Å². The minimum atomic E-state index is -2.62. The van der Waals surface area contributed by atoms with E-state index >= 15 is 0 Å². The van der Waals surface area contributed by atoms with E-state index in [1.807, 2.05) is 18.3 Å². The third-order valence-electron chi connectivity index (χ3n) is 5.04. The van der Waals surface area contributed by atoms with Crippen molar-refractivity contribution in [3.05, 3.63) is 47.8 Å². The molecule has 130 valence electrons. The van der Waals surface area contributed by atoms with Crippen LogP contribution in [0, 0.1) is 6.92 Å². The lowest BCUT2D eigenvalue weighted by atomic mass is 9.94. The molecule has 1 N–H and O–H groups in total. The summed E-state index contributed by atoms with van der Waals surface area (Å²) in [5, 5.41) is 1.15. The van der Waals surface area contributed by atoms with Crippen molar-refractivity contribution in [1.82, 2.24) is 9.97 Å². The third kappa shape index (κ3) is 2.77. The summed E-state index contributed by atoms with van der Waals surface area (Å²) in [6.07, 6.45) is 4.32. The van der Waals surface area contributed by atoms with Gasteiger partial charge in [-0.05, 0) is 59.7 Å². The molecule has 0 radical (unpaired) electrons. The Hall–Kier alpha value is -2.43. The summed E-state index contributed by atoms with van der Waals surface area (Å²) in [5.41, 5.74) is 5.53. The number of anilines is 1. The molecule has 0 aliphatic carbocycles. The maximum Gasteiger partial charge on any atom is 0.266 e. The van der Waals surface area contributed by atoms with Crippen LogP contribution in [0.5, 0.6) is 0 Å². The molecular formula is C20H21F2N3. The molecule has 2 aromatic heterocycles. The molecule has 0 bridgehead atoms. The van der Waals surface area contributed by atoms with Gasteiger partial charge in [0.1, 0.15) is 5.82 Å².